The molecule has 14 heavy (non-hydrogen) atoms. The Morgan fingerprint density at radius 3 is 2.79 bits per heavy atom. The number of nitrogen functional groups attached to an aromatic ring is 1. The highest BCUT2D eigenvalue weighted by Gasteiger charge is 2.05. The molecule has 72 valence electrons. The third-order valence-electron chi connectivity index (χ3n) is 2.11. The van der Waals surface area contributed by atoms with E-state index in [-0.39, 0.29) is 0 Å². The topological polar surface area (TPSA) is 51.0 Å². The van der Waals surface area contributed by atoms with Crippen molar-refractivity contribution in [2.45, 2.75) is 0 Å². The fourth-order valence-corrected chi connectivity index (χ4v) is 1.43. The van der Waals surface area contributed by atoms with E-state index < -0.39 is 0 Å². The van der Waals surface area contributed by atoms with Gasteiger partial charge in [0.15, 0.2) is 0 Å². The van der Waals surface area contributed by atoms with Crippen LogP contribution in [0.15, 0.2) is 36.5 Å². The smallest absolute Gasteiger partial charge is 0.130 e. The monoisotopic (exact) mass is 188 g/mol. The third-order valence-corrected chi connectivity index (χ3v) is 2.11. The molecule has 3 heteroatoms. The Kier molecular flexibility index (Phi) is 2.14. The molecule has 0 aliphatic heterocycles. The molecule has 0 atom stereocenters. The number of H-pyrrole nitrogens is 1. The highest BCUT2D eigenvalue weighted by Crippen LogP contribution is 2.30. The number of nitrogens with two attached hydrogens (primary N) is 1. The molecule has 0 radical (unpaired) electrons. The number of aromatic amines is 1. The molecule has 3 N–H and O–H groups in total. The van der Waals surface area contributed by atoms with Crippen molar-refractivity contribution >= 4 is 5.69 Å². The van der Waals surface area contributed by atoms with E-state index in [2.05, 4.69) is 4.98 Å². The molecular weight excluding hydrogens is 176 g/mol. The van der Waals surface area contributed by atoms with E-state index in [1.54, 1.807) is 7.11 Å². The van der Waals surface area contributed by atoms with Crippen LogP contribution in [0.3, 0.4) is 0 Å². The van der Waals surface area contributed by atoms with Crippen molar-refractivity contribution in [3.8, 4) is 17.0 Å². The predicted molar refractivity (Wildman–Crippen MR) is 57.2 cm³/mol. The number of hydrogen-bond acceptors (Lipinski definition) is 2. The van der Waals surface area contributed by atoms with Gasteiger partial charge in [0.05, 0.1) is 7.11 Å². The van der Waals surface area contributed by atoms with Crippen LogP contribution >= 0.6 is 0 Å². The van der Waals surface area contributed by atoms with Gasteiger partial charge in [0.1, 0.15) is 5.75 Å². The van der Waals surface area contributed by atoms with Gasteiger partial charge in [0, 0.05) is 29.2 Å². The van der Waals surface area contributed by atoms with Crippen LogP contribution in [0.5, 0.6) is 5.75 Å². The molecule has 0 amide bonds. The zero-order valence-corrected chi connectivity index (χ0v) is 7.95. The Balaban J connectivity index is 2.53. The van der Waals surface area contributed by atoms with Crippen molar-refractivity contribution in [1.82, 2.24) is 4.98 Å². The first-order valence-corrected chi connectivity index (χ1v) is 4.38. The molecule has 0 aliphatic carbocycles. The molecule has 1 heterocycles. The van der Waals surface area contributed by atoms with Crippen molar-refractivity contribution in [3.63, 3.8) is 0 Å². The summed E-state index contributed by atoms with van der Waals surface area (Å²) in [6.45, 7) is 0. The van der Waals surface area contributed by atoms with E-state index in [4.69, 9.17) is 10.5 Å². The summed E-state index contributed by atoms with van der Waals surface area (Å²) in [4.78, 5) is 3.13. The summed E-state index contributed by atoms with van der Waals surface area (Å²) < 4.78 is 5.25. The average Bonchev–Trinajstić information content (AvgIpc) is 2.70. The van der Waals surface area contributed by atoms with E-state index in [9.17, 15) is 0 Å². The first-order chi connectivity index (χ1) is 6.81. The fraction of sp³-hybridized carbons (Fsp3) is 0.0909. The van der Waals surface area contributed by atoms with E-state index in [0.29, 0.717) is 5.69 Å². The van der Waals surface area contributed by atoms with E-state index in [1.807, 2.05) is 36.5 Å². The zero-order valence-electron chi connectivity index (χ0n) is 7.95. The summed E-state index contributed by atoms with van der Waals surface area (Å²) in [5.41, 5.74) is 8.42. The van der Waals surface area contributed by atoms with Gasteiger partial charge >= 0.3 is 0 Å². The largest absolute Gasteiger partial charge is 0.496 e. The Bertz CT molecular complexity index is 421. The highest BCUT2D eigenvalue weighted by molar-refractivity contribution is 5.70. The van der Waals surface area contributed by atoms with Gasteiger partial charge in [-0.05, 0) is 24.3 Å². The van der Waals surface area contributed by atoms with Gasteiger partial charge in [-0.15, -0.1) is 0 Å². The quantitative estimate of drug-likeness (QED) is 0.710. The molecule has 0 saturated carbocycles. The van der Waals surface area contributed by atoms with Gasteiger partial charge < -0.3 is 15.5 Å². The van der Waals surface area contributed by atoms with Crippen molar-refractivity contribution in [2.75, 3.05) is 12.8 Å². The minimum Gasteiger partial charge on any atom is -0.496 e. The summed E-state index contributed by atoms with van der Waals surface area (Å²) in [6, 6.07) is 9.56. The van der Waals surface area contributed by atoms with Crippen molar-refractivity contribution in [3.05, 3.63) is 36.5 Å². The summed E-state index contributed by atoms with van der Waals surface area (Å²) in [7, 11) is 1.64. The van der Waals surface area contributed by atoms with Crippen LogP contribution in [0.2, 0.25) is 0 Å². The van der Waals surface area contributed by atoms with Crippen LogP contribution in [0.25, 0.3) is 11.3 Å². The number of ether oxygens (including phenoxy) is 1. The highest BCUT2D eigenvalue weighted by atomic mass is 16.5. The molecule has 0 spiro atoms. The number of anilines is 1. The summed E-state index contributed by atoms with van der Waals surface area (Å²) >= 11 is 0. The lowest BCUT2D eigenvalue weighted by Gasteiger charge is -2.07. The lowest BCUT2D eigenvalue weighted by atomic mass is 10.1. The molecule has 0 aliphatic rings. The Labute approximate surface area is 82.5 Å². The van der Waals surface area contributed by atoms with Gasteiger partial charge in [0.25, 0.3) is 0 Å². The van der Waals surface area contributed by atoms with Crippen LogP contribution in [0, 0.1) is 0 Å². The first-order valence-electron chi connectivity index (χ1n) is 4.38. The molecule has 2 aromatic rings. The maximum absolute atomic E-state index is 5.67. The maximum Gasteiger partial charge on any atom is 0.130 e. The molecule has 1 aromatic heterocycles. The number of hydrogen-bond donors (Lipinski definition) is 2. The molecule has 0 saturated heterocycles. The predicted octanol–water partition coefficient (Wildman–Crippen LogP) is 2.27. The Morgan fingerprint density at radius 2 is 2.14 bits per heavy atom. The minimum absolute atomic E-state index is 0.706. The zero-order chi connectivity index (χ0) is 9.97. The molecule has 1 aromatic carbocycles. The normalized spacial score (nSPS) is 10.1. The van der Waals surface area contributed by atoms with Gasteiger partial charge in [-0.25, -0.2) is 0 Å². The Hall–Kier alpha value is -1.90. The molecule has 2 rings (SSSR count). The number of benzene rings is 1. The second-order valence-electron chi connectivity index (χ2n) is 3.04. The van der Waals surface area contributed by atoms with Crippen LogP contribution in [0.4, 0.5) is 5.69 Å². The van der Waals surface area contributed by atoms with Crippen LogP contribution < -0.4 is 10.5 Å². The second-order valence-corrected chi connectivity index (χ2v) is 3.04. The standard InChI is InChI=1S/C11H12N2O/c1-14-11-7-8(12)4-5-9(11)10-3-2-6-13-10/h2-7,13H,12H2,1H3. The molecule has 0 fully saturated rings. The number of nitrogens with one attached hydrogen (secondary N) is 1. The number of rotatable bonds is 2. The Morgan fingerprint density at radius 1 is 1.29 bits per heavy atom. The molecular formula is C11H12N2O. The third kappa shape index (κ3) is 1.44. The number of methoxy groups -OCH3 is 1. The second kappa shape index (κ2) is 3.46. The lowest BCUT2D eigenvalue weighted by Crippen LogP contribution is -1.91. The van der Waals surface area contributed by atoms with Crippen molar-refractivity contribution in [2.24, 2.45) is 0 Å². The summed E-state index contributed by atoms with van der Waals surface area (Å²) in [6.07, 6.45) is 1.88. The van der Waals surface area contributed by atoms with Crippen LogP contribution in [-0.4, -0.2) is 12.1 Å². The van der Waals surface area contributed by atoms with Gasteiger partial charge in [-0.1, -0.05) is 0 Å². The van der Waals surface area contributed by atoms with E-state index in [1.165, 1.54) is 0 Å². The van der Waals surface area contributed by atoms with Crippen LogP contribution in [-0.2, 0) is 0 Å². The van der Waals surface area contributed by atoms with Crippen molar-refractivity contribution in [1.29, 1.82) is 0 Å². The first kappa shape index (κ1) is 8.69. The molecule has 3 nitrogen and oxygen atoms in total. The van der Waals surface area contributed by atoms with E-state index in [0.717, 1.165) is 17.0 Å². The van der Waals surface area contributed by atoms with Crippen LogP contribution in [0.1, 0.15) is 0 Å². The van der Waals surface area contributed by atoms with Crippen molar-refractivity contribution < 1.29 is 4.74 Å². The minimum atomic E-state index is 0.706. The van der Waals surface area contributed by atoms with Gasteiger partial charge in [0.2, 0.25) is 0 Å². The van der Waals surface area contributed by atoms with E-state index >= 15 is 0 Å². The molecule has 0 unspecified atom stereocenters. The fourth-order valence-electron chi connectivity index (χ4n) is 1.43. The van der Waals surface area contributed by atoms with Gasteiger partial charge in [-0.2, -0.15) is 0 Å². The maximum atomic E-state index is 5.67. The van der Waals surface area contributed by atoms with Gasteiger partial charge in [-0.3, -0.25) is 0 Å². The average molecular weight is 188 g/mol. The SMILES string of the molecule is COc1cc(N)ccc1-c1ccc[nH]1. The summed E-state index contributed by atoms with van der Waals surface area (Å²) in [5.74, 6) is 0.785. The number of aromatic nitrogens is 1. The summed E-state index contributed by atoms with van der Waals surface area (Å²) in [5, 5.41) is 0. The molecule has 0 bridgehead atoms. The lowest BCUT2D eigenvalue weighted by molar-refractivity contribution is 0.416.